The summed E-state index contributed by atoms with van der Waals surface area (Å²) in [4.78, 5) is 11.3. The number of benzene rings is 1. The van der Waals surface area contributed by atoms with Gasteiger partial charge in [0.25, 0.3) is 0 Å². The van der Waals surface area contributed by atoms with E-state index >= 15 is 0 Å². The van der Waals surface area contributed by atoms with Crippen LogP contribution in [0.15, 0.2) is 24.3 Å². The normalized spacial score (nSPS) is 11.4. The summed E-state index contributed by atoms with van der Waals surface area (Å²) in [6.45, 7) is -0.855. The summed E-state index contributed by atoms with van der Waals surface area (Å²) in [5.74, 6) is -0.338. The lowest BCUT2D eigenvalue weighted by atomic mass is 10.0. The Labute approximate surface area is 118 Å². The van der Waals surface area contributed by atoms with Gasteiger partial charge in [-0.05, 0) is 11.1 Å². The number of aliphatic hydroxyl groups is 3. The Morgan fingerprint density at radius 2 is 1.70 bits per heavy atom. The van der Waals surface area contributed by atoms with Crippen LogP contribution in [0.25, 0.3) is 0 Å². The third-order valence-electron chi connectivity index (χ3n) is 3.24. The van der Waals surface area contributed by atoms with Gasteiger partial charge in [0.1, 0.15) is 0 Å². The van der Waals surface area contributed by atoms with Crippen molar-refractivity contribution in [2.75, 3.05) is 26.9 Å². The molecule has 112 valence electrons. The molecule has 0 aliphatic carbocycles. The number of carbonyl (C=O) groups excluding carboxylic acids is 1. The summed E-state index contributed by atoms with van der Waals surface area (Å²) in [7, 11) is 1.33. The first-order valence-electron chi connectivity index (χ1n) is 6.32. The van der Waals surface area contributed by atoms with Crippen LogP contribution in [0.5, 0.6) is 0 Å². The summed E-state index contributed by atoms with van der Waals surface area (Å²) in [6, 6.07) is 7.30. The van der Waals surface area contributed by atoms with E-state index in [-0.39, 0.29) is 32.2 Å². The number of hydrogen-bond acceptors (Lipinski definition) is 6. The van der Waals surface area contributed by atoms with Crippen molar-refractivity contribution < 1.29 is 24.9 Å². The highest BCUT2D eigenvalue weighted by atomic mass is 16.5. The Morgan fingerprint density at radius 3 is 2.20 bits per heavy atom. The van der Waals surface area contributed by atoms with E-state index in [1.54, 1.807) is 0 Å². The van der Waals surface area contributed by atoms with Crippen LogP contribution in [-0.2, 0) is 22.5 Å². The summed E-state index contributed by atoms with van der Waals surface area (Å²) < 4.78 is 4.64. The molecule has 0 saturated heterocycles. The highest BCUT2D eigenvalue weighted by Crippen LogP contribution is 2.12. The number of rotatable bonds is 8. The molecule has 1 aromatic carbocycles. The van der Waals surface area contributed by atoms with Crippen LogP contribution in [0, 0.1) is 0 Å². The van der Waals surface area contributed by atoms with Crippen LogP contribution in [0.4, 0.5) is 0 Å². The molecule has 6 heteroatoms. The molecule has 0 bridgehead atoms. The average molecular weight is 283 g/mol. The fraction of sp³-hybridized carbons (Fsp3) is 0.500. The van der Waals surface area contributed by atoms with Crippen LogP contribution in [0.1, 0.15) is 11.1 Å². The van der Waals surface area contributed by atoms with E-state index in [0.717, 1.165) is 11.1 Å². The van der Waals surface area contributed by atoms with Gasteiger partial charge in [0.2, 0.25) is 0 Å². The van der Waals surface area contributed by atoms with Crippen molar-refractivity contribution in [1.82, 2.24) is 5.32 Å². The Kier molecular flexibility index (Phi) is 6.60. The zero-order chi connectivity index (χ0) is 15.0. The van der Waals surface area contributed by atoms with Gasteiger partial charge in [0.05, 0.1) is 38.9 Å². The monoisotopic (exact) mass is 283 g/mol. The Hall–Kier alpha value is -1.47. The molecular weight excluding hydrogens is 262 g/mol. The van der Waals surface area contributed by atoms with Gasteiger partial charge in [-0.1, -0.05) is 24.3 Å². The quantitative estimate of drug-likeness (QED) is 0.467. The van der Waals surface area contributed by atoms with E-state index in [9.17, 15) is 20.1 Å². The van der Waals surface area contributed by atoms with Crippen LogP contribution < -0.4 is 5.32 Å². The summed E-state index contributed by atoms with van der Waals surface area (Å²) in [5.41, 5.74) is 0.505. The first-order chi connectivity index (χ1) is 9.60. The topological polar surface area (TPSA) is 99.0 Å². The molecule has 6 nitrogen and oxygen atoms in total. The molecule has 1 aromatic rings. The van der Waals surface area contributed by atoms with Crippen molar-refractivity contribution in [2.24, 2.45) is 0 Å². The molecule has 4 N–H and O–H groups in total. The summed E-state index contributed by atoms with van der Waals surface area (Å²) >= 11 is 0. The van der Waals surface area contributed by atoms with Crippen LogP contribution in [-0.4, -0.2) is 53.8 Å². The van der Waals surface area contributed by atoms with E-state index in [0.29, 0.717) is 6.54 Å². The van der Waals surface area contributed by atoms with Crippen LogP contribution >= 0.6 is 0 Å². The zero-order valence-electron chi connectivity index (χ0n) is 11.5. The second kappa shape index (κ2) is 7.96. The molecule has 0 aliphatic heterocycles. The SMILES string of the molecule is COC(=O)Cc1ccccc1CNC(CO)(CO)CO. The number of nitrogens with one attached hydrogen (secondary N) is 1. The fourth-order valence-electron chi connectivity index (χ4n) is 1.73. The molecule has 0 aromatic heterocycles. The molecule has 0 aliphatic rings. The van der Waals surface area contributed by atoms with Crippen molar-refractivity contribution in [3.05, 3.63) is 35.4 Å². The Balaban J connectivity index is 2.79. The van der Waals surface area contributed by atoms with E-state index in [1.807, 2.05) is 24.3 Å². The minimum Gasteiger partial charge on any atom is -0.469 e. The first kappa shape index (κ1) is 16.6. The standard InChI is InChI=1S/C14H21NO5/c1-20-13(19)6-11-4-2-3-5-12(11)7-15-14(8-16,9-17)10-18/h2-5,15-18H,6-10H2,1H3. The maximum Gasteiger partial charge on any atom is 0.309 e. The molecule has 0 atom stereocenters. The smallest absolute Gasteiger partial charge is 0.309 e. The predicted octanol–water partition coefficient (Wildman–Crippen LogP) is -0.793. The first-order valence-corrected chi connectivity index (χ1v) is 6.32. The van der Waals surface area contributed by atoms with Gasteiger partial charge < -0.3 is 25.4 Å². The zero-order valence-corrected chi connectivity index (χ0v) is 11.5. The largest absolute Gasteiger partial charge is 0.469 e. The number of aliphatic hydroxyl groups excluding tert-OH is 3. The van der Waals surface area contributed by atoms with Crippen LogP contribution in [0.3, 0.4) is 0 Å². The molecule has 0 fully saturated rings. The van der Waals surface area contributed by atoms with Crippen molar-refractivity contribution >= 4 is 5.97 Å². The van der Waals surface area contributed by atoms with Crippen LogP contribution in [0.2, 0.25) is 0 Å². The highest BCUT2D eigenvalue weighted by molar-refractivity contribution is 5.72. The highest BCUT2D eigenvalue weighted by Gasteiger charge is 2.27. The summed E-state index contributed by atoms with van der Waals surface area (Å²) in [5, 5.41) is 30.7. The van der Waals surface area contributed by atoms with Gasteiger partial charge in [-0.25, -0.2) is 0 Å². The van der Waals surface area contributed by atoms with Crippen molar-refractivity contribution in [2.45, 2.75) is 18.5 Å². The van der Waals surface area contributed by atoms with E-state index in [1.165, 1.54) is 7.11 Å². The van der Waals surface area contributed by atoms with E-state index < -0.39 is 5.54 Å². The van der Waals surface area contributed by atoms with Gasteiger partial charge in [-0.2, -0.15) is 0 Å². The lowest BCUT2D eigenvalue weighted by molar-refractivity contribution is -0.139. The molecule has 0 amide bonds. The molecule has 20 heavy (non-hydrogen) atoms. The van der Waals surface area contributed by atoms with Crippen molar-refractivity contribution in [3.63, 3.8) is 0 Å². The minimum absolute atomic E-state index is 0.152. The molecule has 0 radical (unpaired) electrons. The molecule has 0 saturated carbocycles. The molecule has 1 rings (SSSR count). The molecule has 0 heterocycles. The number of esters is 1. The van der Waals surface area contributed by atoms with Crippen molar-refractivity contribution in [1.29, 1.82) is 0 Å². The Bertz CT molecular complexity index is 423. The second-order valence-corrected chi connectivity index (χ2v) is 4.63. The van der Waals surface area contributed by atoms with Gasteiger partial charge in [0, 0.05) is 6.54 Å². The van der Waals surface area contributed by atoms with Gasteiger partial charge >= 0.3 is 5.97 Å². The molecular formula is C14H21NO5. The number of hydrogen-bond donors (Lipinski definition) is 4. The van der Waals surface area contributed by atoms with Gasteiger partial charge in [-0.15, -0.1) is 0 Å². The average Bonchev–Trinajstić information content (AvgIpc) is 2.50. The van der Waals surface area contributed by atoms with Gasteiger partial charge in [0.15, 0.2) is 0 Å². The second-order valence-electron chi connectivity index (χ2n) is 4.63. The van der Waals surface area contributed by atoms with Crippen molar-refractivity contribution in [3.8, 4) is 0 Å². The number of carbonyl (C=O) groups is 1. The predicted molar refractivity (Wildman–Crippen MR) is 73.0 cm³/mol. The fourth-order valence-corrected chi connectivity index (χ4v) is 1.73. The molecule has 0 unspecified atom stereocenters. The maximum absolute atomic E-state index is 11.3. The minimum atomic E-state index is -1.14. The maximum atomic E-state index is 11.3. The third kappa shape index (κ3) is 4.28. The lowest BCUT2D eigenvalue weighted by Gasteiger charge is -2.29. The van der Waals surface area contributed by atoms with Gasteiger partial charge in [-0.3, -0.25) is 4.79 Å². The number of ether oxygens (including phenoxy) is 1. The van der Waals surface area contributed by atoms with E-state index in [4.69, 9.17) is 0 Å². The Morgan fingerprint density at radius 1 is 1.15 bits per heavy atom. The molecule has 0 spiro atoms. The van der Waals surface area contributed by atoms with E-state index in [2.05, 4.69) is 10.1 Å². The lowest BCUT2D eigenvalue weighted by Crippen LogP contribution is -2.54. The summed E-state index contributed by atoms with van der Waals surface area (Å²) in [6.07, 6.45) is 0.152. The number of methoxy groups -OCH3 is 1. The third-order valence-corrected chi connectivity index (χ3v) is 3.24.